The zero-order valence-corrected chi connectivity index (χ0v) is 21.8. The molecule has 2 aliphatic rings. The number of fused-ring (bicyclic) bond motifs is 1. The zero-order valence-electron chi connectivity index (χ0n) is 21.8. The second-order valence-electron chi connectivity index (χ2n) is 10.3. The number of nitrogens with two attached hydrogens (primary N) is 1. The molecular formula is C32H34F2N2O2. The fraction of sp³-hybridized carbons (Fsp3) is 0.344. The maximum Gasteiger partial charge on any atom is 0.162 e. The topological polar surface area (TPSA) is 55.6 Å². The molecule has 38 heavy (non-hydrogen) atoms. The number of anilines is 1. The van der Waals surface area contributed by atoms with Crippen molar-refractivity contribution >= 4 is 22.6 Å². The van der Waals surface area contributed by atoms with Gasteiger partial charge in [-0.2, -0.15) is 0 Å². The van der Waals surface area contributed by atoms with E-state index in [4.69, 9.17) is 10.5 Å². The number of benzene rings is 3. The Balaban J connectivity index is 1.50. The fourth-order valence-electron chi connectivity index (χ4n) is 5.69. The Hall–Kier alpha value is -3.51. The lowest BCUT2D eigenvalue weighted by atomic mass is 9.87. The first-order chi connectivity index (χ1) is 18.4. The van der Waals surface area contributed by atoms with E-state index in [-0.39, 0.29) is 24.1 Å². The van der Waals surface area contributed by atoms with Crippen molar-refractivity contribution in [3.63, 3.8) is 0 Å². The van der Waals surface area contributed by atoms with Crippen LogP contribution in [0.15, 0.2) is 60.7 Å². The molecule has 1 heterocycles. The Kier molecular flexibility index (Phi) is 7.89. The molecule has 6 heteroatoms. The lowest BCUT2D eigenvalue weighted by Crippen LogP contribution is -2.26. The van der Waals surface area contributed by atoms with Gasteiger partial charge in [0.2, 0.25) is 0 Å². The van der Waals surface area contributed by atoms with Gasteiger partial charge in [-0.1, -0.05) is 24.3 Å². The van der Waals surface area contributed by atoms with Gasteiger partial charge in [0.05, 0.1) is 12.2 Å². The van der Waals surface area contributed by atoms with Crippen molar-refractivity contribution in [2.75, 3.05) is 32.0 Å². The Bertz CT molecular complexity index is 1350. The average Bonchev–Trinajstić information content (AvgIpc) is 3.26. The second-order valence-corrected chi connectivity index (χ2v) is 10.3. The van der Waals surface area contributed by atoms with Gasteiger partial charge in [-0.3, -0.25) is 14.1 Å². The number of hydrogen-bond donors (Lipinski definition) is 1. The summed E-state index contributed by atoms with van der Waals surface area (Å²) in [5.41, 5.74) is 13.1. The minimum atomic E-state index is -0.496. The van der Waals surface area contributed by atoms with Gasteiger partial charge in [-0.25, -0.2) is 4.39 Å². The lowest BCUT2D eigenvalue weighted by Gasteiger charge is -2.19. The molecule has 2 N–H and O–H groups in total. The molecule has 1 atom stereocenters. The van der Waals surface area contributed by atoms with Crippen molar-refractivity contribution in [3.8, 4) is 5.75 Å². The van der Waals surface area contributed by atoms with Crippen molar-refractivity contribution in [1.82, 2.24) is 4.90 Å². The molecule has 0 saturated carbocycles. The molecule has 1 aliphatic carbocycles. The first kappa shape index (κ1) is 26.1. The van der Waals surface area contributed by atoms with Gasteiger partial charge >= 0.3 is 0 Å². The van der Waals surface area contributed by atoms with Crippen LogP contribution >= 0.6 is 0 Å². The standard InChI is InChI=1S/C32H34F2N2O2/c1-21(37)28-12-8-24(19-31(28)34)29-5-2-4-23-18-25(35)9-13-30(23)32(29)22-6-10-26(11-7-22)38-27-14-17-36(20-27)16-3-15-33/h6-13,18-19,27H,2-5,14-17,20,35H2,1H3. The van der Waals surface area contributed by atoms with Crippen LogP contribution in [0.3, 0.4) is 0 Å². The Morgan fingerprint density at radius 2 is 1.84 bits per heavy atom. The van der Waals surface area contributed by atoms with E-state index in [1.54, 1.807) is 6.07 Å². The number of aryl methyl sites for hydroxylation is 1. The fourth-order valence-corrected chi connectivity index (χ4v) is 5.69. The number of ether oxygens (including phenoxy) is 1. The highest BCUT2D eigenvalue weighted by molar-refractivity contribution is 6.01. The van der Waals surface area contributed by atoms with Crippen LogP contribution in [0.5, 0.6) is 5.75 Å². The van der Waals surface area contributed by atoms with E-state index >= 15 is 0 Å². The number of carbonyl (C=O) groups is 1. The van der Waals surface area contributed by atoms with Crippen LogP contribution in [-0.4, -0.2) is 43.1 Å². The molecule has 1 fully saturated rings. The maximum absolute atomic E-state index is 14.9. The van der Waals surface area contributed by atoms with Gasteiger partial charge in [0.25, 0.3) is 0 Å². The van der Waals surface area contributed by atoms with E-state index in [0.29, 0.717) is 6.42 Å². The molecule has 0 aromatic heterocycles. The van der Waals surface area contributed by atoms with Crippen molar-refractivity contribution in [2.24, 2.45) is 0 Å². The minimum Gasteiger partial charge on any atom is -0.489 e. The predicted molar refractivity (Wildman–Crippen MR) is 149 cm³/mol. The van der Waals surface area contributed by atoms with E-state index in [2.05, 4.69) is 23.1 Å². The van der Waals surface area contributed by atoms with E-state index < -0.39 is 5.82 Å². The van der Waals surface area contributed by atoms with Crippen LogP contribution < -0.4 is 10.5 Å². The smallest absolute Gasteiger partial charge is 0.162 e. The molecule has 5 rings (SSSR count). The molecule has 3 aromatic carbocycles. The number of nitrogen functional groups attached to an aromatic ring is 1. The van der Waals surface area contributed by atoms with E-state index in [1.165, 1.54) is 18.6 Å². The Morgan fingerprint density at radius 1 is 1.05 bits per heavy atom. The maximum atomic E-state index is 14.9. The van der Waals surface area contributed by atoms with E-state index in [0.717, 1.165) is 84.6 Å². The summed E-state index contributed by atoms with van der Waals surface area (Å²) in [4.78, 5) is 14.1. The molecule has 0 radical (unpaired) electrons. The molecule has 1 aliphatic heterocycles. The monoisotopic (exact) mass is 516 g/mol. The highest BCUT2D eigenvalue weighted by atomic mass is 19.1. The van der Waals surface area contributed by atoms with Crippen LogP contribution in [-0.2, 0) is 6.42 Å². The third-order valence-electron chi connectivity index (χ3n) is 7.55. The molecule has 4 nitrogen and oxygen atoms in total. The van der Waals surface area contributed by atoms with Crippen molar-refractivity contribution < 1.29 is 18.3 Å². The van der Waals surface area contributed by atoms with Crippen LogP contribution in [0.25, 0.3) is 11.1 Å². The predicted octanol–water partition coefficient (Wildman–Crippen LogP) is 6.72. The number of alkyl halides is 1. The molecule has 1 unspecified atom stereocenters. The number of rotatable bonds is 8. The number of Topliss-reactive ketones (excluding diaryl/α,β-unsaturated/α-hetero) is 1. The number of ketones is 1. The van der Waals surface area contributed by atoms with Crippen molar-refractivity contribution in [2.45, 2.75) is 45.1 Å². The van der Waals surface area contributed by atoms with E-state index in [9.17, 15) is 13.6 Å². The van der Waals surface area contributed by atoms with Crippen molar-refractivity contribution in [1.29, 1.82) is 0 Å². The summed E-state index contributed by atoms with van der Waals surface area (Å²) in [5.74, 6) is 0.0223. The van der Waals surface area contributed by atoms with Gasteiger partial charge in [-0.05, 0) is 109 Å². The number of nitrogens with zero attached hydrogens (tertiary/aromatic N) is 1. The first-order valence-corrected chi connectivity index (χ1v) is 13.4. The molecule has 198 valence electrons. The quantitative estimate of drug-likeness (QED) is 0.267. The largest absolute Gasteiger partial charge is 0.489 e. The molecule has 0 amide bonds. The number of halogens is 2. The third-order valence-corrected chi connectivity index (χ3v) is 7.55. The Morgan fingerprint density at radius 3 is 2.58 bits per heavy atom. The summed E-state index contributed by atoms with van der Waals surface area (Å²) in [6.45, 7) is 3.60. The average molecular weight is 517 g/mol. The minimum absolute atomic E-state index is 0.0968. The number of carbonyl (C=O) groups excluding carboxylic acids is 1. The molecule has 0 spiro atoms. The number of likely N-dealkylation sites (tertiary alicyclic amines) is 1. The summed E-state index contributed by atoms with van der Waals surface area (Å²) >= 11 is 0. The highest BCUT2D eigenvalue weighted by Gasteiger charge is 2.24. The van der Waals surface area contributed by atoms with Crippen LogP contribution in [0.1, 0.15) is 65.2 Å². The summed E-state index contributed by atoms with van der Waals surface area (Å²) in [6.07, 6.45) is 4.15. The summed E-state index contributed by atoms with van der Waals surface area (Å²) in [6, 6.07) is 19.0. The molecule has 3 aromatic rings. The SMILES string of the molecule is CC(=O)c1ccc(C2=C(c3ccc(OC4CCN(CCCF)C4)cc3)c3ccc(N)cc3CCC2)cc1F. The second kappa shape index (κ2) is 11.5. The molecule has 1 saturated heterocycles. The number of allylic oxidation sites excluding steroid dienone is 1. The number of hydrogen-bond acceptors (Lipinski definition) is 4. The first-order valence-electron chi connectivity index (χ1n) is 13.4. The molecule has 0 bridgehead atoms. The third kappa shape index (κ3) is 5.65. The highest BCUT2D eigenvalue weighted by Crippen LogP contribution is 2.41. The summed E-state index contributed by atoms with van der Waals surface area (Å²) in [7, 11) is 0. The van der Waals surface area contributed by atoms with Gasteiger partial charge < -0.3 is 10.5 Å². The Labute approximate surface area is 223 Å². The van der Waals surface area contributed by atoms with Gasteiger partial charge in [-0.15, -0.1) is 0 Å². The van der Waals surface area contributed by atoms with Gasteiger partial charge in [0, 0.05) is 25.3 Å². The van der Waals surface area contributed by atoms with E-state index in [1.807, 2.05) is 30.3 Å². The summed E-state index contributed by atoms with van der Waals surface area (Å²) < 4.78 is 33.7. The normalized spacial score (nSPS) is 17.8. The summed E-state index contributed by atoms with van der Waals surface area (Å²) in [5, 5.41) is 0. The lowest BCUT2D eigenvalue weighted by molar-refractivity contribution is 0.101. The van der Waals surface area contributed by atoms with Crippen LogP contribution in [0, 0.1) is 5.82 Å². The molecular weight excluding hydrogens is 482 g/mol. The van der Waals surface area contributed by atoms with Gasteiger partial charge in [0.1, 0.15) is 17.7 Å². The van der Waals surface area contributed by atoms with Gasteiger partial charge in [0.15, 0.2) is 5.78 Å². The zero-order chi connectivity index (χ0) is 26.6. The van der Waals surface area contributed by atoms with Crippen LogP contribution in [0.4, 0.5) is 14.5 Å². The van der Waals surface area contributed by atoms with Crippen LogP contribution in [0.2, 0.25) is 0 Å². The van der Waals surface area contributed by atoms with Crippen molar-refractivity contribution in [3.05, 3.63) is 94.3 Å².